The van der Waals surface area contributed by atoms with E-state index in [1.165, 1.54) is 5.56 Å². The van der Waals surface area contributed by atoms with Crippen molar-refractivity contribution in [2.45, 2.75) is 25.6 Å². The number of β-amino-alcohol motifs (C(OH)–C–C–N with tert-alkyl or cyclic N) is 1. The van der Waals surface area contributed by atoms with Gasteiger partial charge in [0.1, 0.15) is 0 Å². The molecule has 0 saturated carbocycles. The topological polar surface area (TPSA) is 35.9 Å². The number of likely N-dealkylation sites (N-methyl/N-ethyl adjacent to an activating group) is 1. The summed E-state index contributed by atoms with van der Waals surface area (Å²) in [6, 6.07) is 10.2. The van der Waals surface area contributed by atoms with Crippen molar-refractivity contribution < 1.29 is 9.84 Å². The zero-order valence-corrected chi connectivity index (χ0v) is 15.7. The fraction of sp³-hybridized carbons (Fsp3) is 0.647. The van der Waals surface area contributed by atoms with Crippen molar-refractivity contribution in [2.24, 2.45) is 0 Å². The molecule has 23 heavy (non-hydrogen) atoms. The highest BCUT2D eigenvalue weighted by molar-refractivity contribution is 5.85. The first-order valence-corrected chi connectivity index (χ1v) is 7.94. The number of aliphatic hydroxyl groups is 1. The predicted molar refractivity (Wildman–Crippen MR) is 99.9 cm³/mol. The zero-order chi connectivity index (χ0) is 15.1. The maximum Gasteiger partial charge on any atom is 0.0900 e. The molecule has 1 aliphatic rings. The normalized spacial score (nSPS) is 18.6. The molecular weight excluding hydrogens is 335 g/mol. The minimum Gasteiger partial charge on any atom is -0.389 e. The van der Waals surface area contributed by atoms with E-state index >= 15 is 0 Å². The Morgan fingerprint density at radius 3 is 2.26 bits per heavy atom. The average molecular weight is 365 g/mol. The summed E-state index contributed by atoms with van der Waals surface area (Å²) in [7, 11) is 2.14. The summed E-state index contributed by atoms with van der Waals surface area (Å²) in [5, 5.41) is 10.2. The molecule has 2 unspecified atom stereocenters. The van der Waals surface area contributed by atoms with Gasteiger partial charge in [0.2, 0.25) is 0 Å². The Morgan fingerprint density at radius 2 is 1.70 bits per heavy atom. The Morgan fingerprint density at radius 1 is 1.09 bits per heavy atom. The van der Waals surface area contributed by atoms with Crippen LogP contribution in [0.4, 0.5) is 0 Å². The van der Waals surface area contributed by atoms with Gasteiger partial charge in [0, 0.05) is 32.7 Å². The van der Waals surface area contributed by atoms with Gasteiger partial charge in [-0.3, -0.25) is 4.90 Å². The number of nitrogens with zero attached hydrogens (tertiary/aromatic N) is 2. The standard InChI is InChI=1S/C17H28N2O2.2ClH/c1-3-17(15-7-5-4-6-8-15)21-14-16(20)13-19-11-9-18(2)10-12-19;;/h4-8,16-17,20H,3,9-14H2,1-2H3;2*1H. The lowest BCUT2D eigenvalue weighted by molar-refractivity contribution is -0.0273. The maximum atomic E-state index is 10.2. The van der Waals surface area contributed by atoms with Crippen LogP contribution in [0, 0.1) is 0 Å². The van der Waals surface area contributed by atoms with Gasteiger partial charge in [-0.25, -0.2) is 0 Å². The second-order valence-corrected chi connectivity index (χ2v) is 5.90. The number of aliphatic hydroxyl groups excluding tert-OH is 1. The number of hydrogen-bond acceptors (Lipinski definition) is 4. The number of ether oxygens (including phenoxy) is 1. The molecule has 2 atom stereocenters. The predicted octanol–water partition coefficient (Wildman–Crippen LogP) is 2.61. The third-order valence-corrected chi connectivity index (χ3v) is 4.10. The van der Waals surface area contributed by atoms with Crippen molar-refractivity contribution in [3.63, 3.8) is 0 Å². The largest absolute Gasteiger partial charge is 0.389 e. The molecule has 1 N–H and O–H groups in total. The molecule has 0 amide bonds. The summed E-state index contributed by atoms with van der Waals surface area (Å²) < 4.78 is 5.91. The molecule has 0 bridgehead atoms. The lowest BCUT2D eigenvalue weighted by Crippen LogP contribution is -2.47. The lowest BCUT2D eigenvalue weighted by atomic mass is 10.1. The van der Waals surface area contributed by atoms with E-state index < -0.39 is 6.10 Å². The number of piperazine rings is 1. The average Bonchev–Trinajstić information content (AvgIpc) is 2.51. The molecule has 1 aromatic rings. The number of halogens is 2. The van der Waals surface area contributed by atoms with Gasteiger partial charge in [0.05, 0.1) is 18.8 Å². The number of hydrogen-bond donors (Lipinski definition) is 1. The Kier molecular flexibility index (Phi) is 11.9. The Labute approximate surface area is 152 Å². The molecule has 1 aliphatic heterocycles. The molecule has 0 spiro atoms. The monoisotopic (exact) mass is 364 g/mol. The summed E-state index contributed by atoms with van der Waals surface area (Å²) >= 11 is 0. The van der Waals surface area contributed by atoms with Crippen LogP contribution < -0.4 is 0 Å². The highest BCUT2D eigenvalue weighted by Gasteiger charge is 2.18. The Balaban J connectivity index is 0.00000242. The van der Waals surface area contributed by atoms with Crippen LogP contribution in [-0.2, 0) is 4.74 Å². The van der Waals surface area contributed by atoms with Gasteiger partial charge >= 0.3 is 0 Å². The van der Waals surface area contributed by atoms with E-state index in [-0.39, 0.29) is 30.9 Å². The first-order valence-electron chi connectivity index (χ1n) is 7.94. The molecule has 2 rings (SSSR count). The van der Waals surface area contributed by atoms with E-state index in [0.717, 1.165) is 32.6 Å². The molecule has 134 valence electrons. The minimum absolute atomic E-state index is 0. The summed E-state index contributed by atoms with van der Waals surface area (Å²) in [4.78, 5) is 4.64. The molecule has 1 heterocycles. The van der Waals surface area contributed by atoms with Gasteiger partial charge in [-0.15, -0.1) is 24.8 Å². The van der Waals surface area contributed by atoms with E-state index in [9.17, 15) is 5.11 Å². The molecule has 1 fully saturated rings. The summed E-state index contributed by atoms with van der Waals surface area (Å²) in [6.07, 6.45) is 0.588. The van der Waals surface area contributed by atoms with E-state index in [1.807, 2.05) is 18.2 Å². The second-order valence-electron chi connectivity index (χ2n) is 5.90. The SMILES string of the molecule is CCC(OCC(O)CN1CCN(C)CC1)c1ccccc1.Cl.Cl. The molecule has 0 radical (unpaired) electrons. The van der Waals surface area contributed by atoms with Crippen LogP contribution in [0.3, 0.4) is 0 Å². The molecule has 4 nitrogen and oxygen atoms in total. The van der Waals surface area contributed by atoms with Crippen LogP contribution in [0.5, 0.6) is 0 Å². The number of benzene rings is 1. The molecule has 0 aromatic heterocycles. The van der Waals surface area contributed by atoms with E-state index in [1.54, 1.807) is 0 Å². The fourth-order valence-corrected chi connectivity index (χ4v) is 2.73. The highest BCUT2D eigenvalue weighted by atomic mass is 35.5. The highest BCUT2D eigenvalue weighted by Crippen LogP contribution is 2.20. The third kappa shape index (κ3) is 7.84. The summed E-state index contributed by atoms with van der Waals surface area (Å²) in [5.41, 5.74) is 1.19. The van der Waals surface area contributed by atoms with Crippen molar-refractivity contribution in [3.05, 3.63) is 35.9 Å². The Hall–Kier alpha value is -0.360. The molecule has 6 heteroatoms. The fourth-order valence-electron chi connectivity index (χ4n) is 2.73. The molecule has 1 aromatic carbocycles. The van der Waals surface area contributed by atoms with Gasteiger partial charge in [-0.1, -0.05) is 37.3 Å². The van der Waals surface area contributed by atoms with Gasteiger partial charge in [-0.2, -0.15) is 0 Å². The molecular formula is C17H30Cl2N2O2. The van der Waals surface area contributed by atoms with Gasteiger partial charge in [0.15, 0.2) is 0 Å². The quantitative estimate of drug-likeness (QED) is 0.806. The van der Waals surface area contributed by atoms with Gasteiger partial charge < -0.3 is 14.7 Å². The van der Waals surface area contributed by atoms with Crippen LogP contribution in [0.1, 0.15) is 25.0 Å². The summed E-state index contributed by atoms with van der Waals surface area (Å²) in [5.74, 6) is 0. The van der Waals surface area contributed by atoms with Crippen molar-refractivity contribution in [3.8, 4) is 0 Å². The van der Waals surface area contributed by atoms with Crippen molar-refractivity contribution in [1.82, 2.24) is 9.80 Å². The zero-order valence-electron chi connectivity index (χ0n) is 14.1. The maximum absolute atomic E-state index is 10.2. The molecule has 0 aliphatic carbocycles. The van der Waals surface area contributed by atoms with Crippen molar-refractivity contribution in [1.29, 1.82) is 0 Å². The van der Waals surface area contributed by atoms with Gasteiger partial charge in [0.25, 0.3) is 0 Å². The van der Waals surface area contributed by atoms with E-state index in [0.29, 0.717) is 13.2 Å². The third-order valence-electron chi connectivity index (χ3n) is 4.10. The van der Waals surface area contributed by atoms with Crippen LogP contribution in [0.2, 0.25) is 0 Å². The van der Waals surface area contributed by atoms with E-state index in [4.69, 9.17) is 4.74 Å². The van der Waals surface area contributed by atoms with E-state index in [2.05, 4.69) is 35.9 Å². The first kappa shape index (κ1) is 22.6. The van der Waals surface area contributed by atoms with Crippen LogP contribution in [-0.4, -0.2) is 67.4 Å². The first-order chi connectivity index (χ1) is 10.2. The van der Waals surface area contributed by atoms with Crippen LogP contribution >= 0.6 is 24.8 Å². The van der Waals surface area contributed by atoms with Crippen LogP contribution in [0.15, 0.2) is 30.3 Å². The number of rotatable bonds is 7. The smallest absolute Gasteiger partial charge is 0.0900 e. The lowest BCUT2D eigenvalue weighted by Gasteiger charge is -2.33. The molecule has 1 saturated heterocycles. The summed E-state index contributed by atoms with van der Waals surface area (Å²) in [6.45, 7) is 7.45. The second kappa shape index (κ2) is 12.1. The van der Waals surface area contributed by atoms with Crippen LogP contribution in [0.25, 0.3) is 0 Å². The Bertz CT molecular complexity index is 401. The minimum atomic E-state index is -0.411. The van der Waals surface area contributed by atoms with Gasteiger partial charge in [-0.05, 0) is 19.0 Å². The van der Waals surface area contributed by atoms with Crippen molar-refractivity contribution in [2.75, 3.05) is 46.4 Å². The van der Waals surface area contributed by atoms with Crippen molar-refractivity contribution >= 4 is 24.8 Å².